The number of hydrogen-bond donors (Lipinski definition) is 3. The van der Waals surface area contributed by atoms with Crippen LogP contribution in [-0.4, -0.2) is 33.5 Å². The zero-order valence-electron chi connectivity index (χ0n) is 23.2. The van der Waals surface area contributed by atoms with Gasteiger partial charge in [-0.05, 0) is 55.5 Å². The molecule has 0 atom stereocenters. The van der Waals surface area contributed by atoms with Gasteiger partial charge in [-0.1, -0.05) is 69.4 Å². The highest BCUT2D eigenvalue weighted by Gasteiger charge is 2.31. The number of carboxylic acids is 1. The molecular formula is C31H41F3N2O4. The Bertz CT molecular complexity index is 1080. The molecule has 0 aliphatic heterocycles. The molecule has 0 aliphatic carbocycles. The maximum atomic E-state index is 12.9. The Labute approximate surface area is 234 Å². The van der Waals surface area contributed by atoms with E-state index in [1.165, 1.54) is 30.6 Å². The first-order chi connectivity index (χ1) is 19.1. The molecule has 1 amide bonds. The fourth-order valence-corrected chi connectivity index (χ4v) is 4.28. The Hall–Kier alpha value is -3.33. The summed E-state index contributed by atoms with van der Waals surface area (Å²) in [5.41, 5.74) is 0.606. The van der Waals surface area contributed by atoms with Crippen molar-refractivity contribution in [2.24, 2.45) is 0 Å². The summed E-state index contributed by atoms with van der Waals surface area (Å²) in [4.78, 5) is 25.1. The van der Waals surface area contributed by atoms with Gasteiger partial charge in [0.1, 0.15) is 5.75 Å². The summed E-state index contributed by atoms with van der Waals surface area (Å²) in [6.07, 6.45) is 10.4. The Balaban J connectivity index is 1.77. The van der Waals surface area contributed by atoms with Crippen molar-refractivity contribution in [2.45, 2.75) is 90.4 Å². The highest BCUT2D eigenvalue weighted by Crippen LogP contribution is 2.33. The number of alkyl halides is 3. The number of allylic oxidation sites excluding steroid dienone is 2. The summed E-state index contributed by atoms with van der Waals surface area (Å²) in [6, 6.07) is 9.63. The van der Waals surface area contributed by atoms with Gasteiger partial charge in [-0.3, -0.25) is 14.5 Å². The molecule has 0 heterocycles. The molecule has 0 fully saturated rings. The van der Waals surface area contributed by atoms with Crippen LogP contribution in [-0.2, 0) is 28.9 Å². The van der Waals surface area contributed by atoms with E-state index >= 15 is 0 Å². The highest BCUT2D eigenvalue weighted by molar-refractivity contribution is 5.90. The SMILES string of the molecule is CCCC/C=C/CCCCCCCC(=O)Nc1ccc(CN(CC(=O)O)Cc2ccc(C(F)(F)F)cc2O)cc1. The lowest BCUT2D eigenvalue weighted by atomic mass is 10.1. The first kappa shape index (κ1) is 32.9. The third-order valence-electron chi connectivity index (χ3n) is 6.47. The van der Waals surface area contributed by atoms with E-state index in [4.69, 9.17) is 0 Å². The molecule has 0 saturated heterocycles. The van der Waals surface area contributed by atoms with Crippen LogP contribution in [0.1, 0.15) is 87.8 Å². The molecule has 3 N–H and O–H groups in total. The van der Waals surface area contributed by atoms with Gasteiger partial charge in [-0.15, -0.1) is 0 Å². The Morgan fingerprint density at radius 3 is 2.17 bits per heavy atom. The first-order valence-electron chi connectivity index (χ1n) is 14.0. The van der Waals surface area contributed by atoms with Crippen LogP contribution < -0.4 is 5.32 Å². The van der Waals surface area contributed by atoms with E-state index < -0.39 is 23.5 Å². The van der Waals surface area contributed by atoms with Crippen LogP contribution >= 0.6 is 0 Å². The number of aliphatic carboxylic acids is 1. The van der Waals surface area contributed by atoms with Crippen molar-refractivity contribution in [2.75, 3.05) is 11.9 Å². The summed E-state index contributed by atoms with van der Waals surface area (Å²) in [5.74, 6) is -1.70. The second-order valence-corrected chi connectivity index (χ2v) is 10.0. The third-order valence-corrected chi connectivity index (χ3v) is 6.47. The van der Waals surface area contributed by atoms with Crippen LogP contribution in [0.2, 0.25) is 0 Å². The van der Waals surface area contributed by atoms with E-state index in [0.29, 0.717) is 18.2 Å². The third kappa shape index (κ3) is 13.2. The predicted octanol–water partition coefficient (Wildman–Crippen LogP) is 7.91. The number of phenols is 1. The molecule has 0 bridgehead atoms. The van der Waals surface area contributed by atoms with Crippen molar-refractivity contribution >= 4 is 17.6 Å². The van der Waals surface area contributed by atoms with Gasteiger partial charge in [0, 0.05) is 30.8 Å². The van der Waals surface area contributed by atoms with E-state index in [0.717, 1.165) is 49.8 Å². The maximum Gasteiger partial charge on any atom is 0.416 e. The zero-order chi connectivity index (χ0) is 29.4. The number of aromatic hydroxyl groups is 1. The molecule has 0 spiro atoms. The summed E-state index contributed by atoms with van der Waals surface area (Å²) >= 11 is 0. The minimum absolute atomic E-state index is 0.0512. The largest absolute Gasteiger partial charge is 0.508 e. The smallest absolute Gasteiger partial charge is 0.416 e. The number of carboxylic acid groups (broad SMARTS) is 1. The molecule has 40 heavy (non-hydrogen) atoms. The van der Waals surface area contributed by atoms with Crippen LogP contribution in [0.15, 0.2) is 54.6 Å². The minimum Gasteiger partial charge on any atom is -0.508 e. The van der Waals surface area contributed by atoms with E-state index in [1.54, 1.807) is 24.3 Å². The number of rotatable bonds is 18. The number of benzene rings is 2. The average molecular weight is 563 g/mol. The second-order valence-electron chi connectivity index (χ2n) is 10.0. The van der Waals surface area contributed by atoms with Crippen LogP contribution in [0.25, 0.3) is 0 Å². The van der Waals surface area contributed by atoms with Crippen molar-refractivity contribution in [1.29, 1.82) is 0 Å². The van der Waals surface area contributed by atoms with Gasteiger partial charge < -0.3 is 15.5 Å². The minimum atomic E-state index is -4.58. The Morgan fingerprint density at radius 1 is 0.900 bits per heavy atom. The Kier molecular flexibility index (Phi) is 14.3. The van der Waals surface area contributed by atoms with Gasteiger partial charge in [-0.25, -0.2) is 0 Å². The lowest BCUT2D eigenvalue weighted by Crippen LogP contribution is -2.29. The van der Waals surface area contributed by atoms with Gasteiger partial charge in [0.05, 0.1) is 12.1 Å². The summed E-state index contributed by atoms with van der Waals surface area (Å²) in [6.45, 7) is 1.97. The van der Waals surface area contributed by atoms with Crippen molar-refractivity contribution in [3.63, 3.8) is 0 Å². The standard InChI is InChI=1S/C31H41F3N2O4/c1-2-3-4-5-6-7-8-9-10-11-12-13-29(38)35-27-18-14-24(15-19-27)21-36(23-30(39)40)22-25-16-17-26(20-28(25)37)31(32,33)34/h5-6,14-20,37H,2-4,7-13,21-23H2,1H3,(H,35,38)(H,39,40)/b6-5+. The average Bonchev–Trinajstić information content (AvgIpc) is 2.88. The molecule has 2 aromatic carbocycles. The van der Waals surface area contributed by atoms with Gasteiger partial charge >= 0.3 is 12.1 Å². The van der Waals surface area contributed by atoms with E-state index in [1.807, 2.05) is 0 Å². The van der Waals surface area contributed by atoms with Crippen molar-refractivity contribution < 1.29 is 33.0 Å². The summed E-state index contributed by atoms with van der Waals surface area (Å²) in [5, 5.41) is 22.2. The van der Waals surface area contributed by atoms with Gasteiger partial charge in [0.2, 0.25) is 5.91 Å². The molecule has 0 aromatic heterocycles. The number of amides is 1. The number of carbonyl (C=O) groups is 2. The van der Waals surface area contributed by atoms with Crippen LogP contribution in [0.3, 0.4) is 0 Å². The Morgan fingerprint density at radius 2 is 1.55 bits per heavy atom. The van der Waals surface area contributed by atoms with Crippen molar-refractivity contribution in [1.82, 2.24) is 4.90 Å². The molecule has 6 nitrogen and oxygen atoms in total. The van der Waals surface area contributed by atoms with Crippen LogP contribution in [0, 0.1) is 0 Å². The highest BCUT2D eigenvalue weighted by atomic mass is 19.4. The fourth-order valence-electron chi connectivity index (χ4n) is 4.28. The molecule has 0 radical (unpaired) electrons. The predicted molar refractivity (Wildman–Crippen MR) is 151 cm³/mol. The first-order valence-corrected chi connectivity index (χ1v) is 14.0. The number of unbranched alkanes of at least 4 members (excludes halogenated alkanes) is 7. The zero-order valence-corrected chi connectivity index (χ0v) is 23.2. The maximum absolute atomic E-state index is 12.9. The van der Waals surface area contributed by atoms with Crippen LogP contribution in [0.4, 0.5) is 18.9 Å². The number of hydrogen-bond acceptors (Lipinski definition) is 4. The molecule has 0 unspecified atom stereocenters. The molecule has 0 saturated carbocycles. The van der Waals surface area contributed by atoms with Crippen LogP contribution in [0.5, 0.6) is 5.75 Å². The topological polar surface area (TPSA) is 89.9 Å². The number of anilines is 1. The second kappa shape index (κ2) is 17.4. The normalized spacial score (nSPS) is 11.8. The molecule has 0 aliphatic rings. The number of nitrogens with zero attached hydrogens (tertiary/aromatic N) is 1. The monoisotopic (exact) mass is 562 g/mol. The van der Waals surface area contributed by atoms with Gasteiger partial charge in [0.25, 0.3) is 0 Å². The molecular weight excluding hydrogens is 521 g/mol. The lowest BCUT2D eigenvalue weighted by Gasteiger charge is -2.21. The summed E-state index contributed by atoms with van der Waals surface area (Å²) < 4.78 is 38.6. The number of nitrogens with one attached hydrogen (secondary N) is 1. The number of halogens is 3. The lowest BCUT2D eigenvalue weighted by molar-refractivity contribution is -0.139. The summed E-state index contributed by atoms with van der Waals surface area (Å²) in [7, 11) is 0. The molecule has 2 aromatic rings. The molecule has 9 heteroatoms. The van der Waals surface area contributed by atoms with Gasteiger partial charge in [0.15, 0.2) is 0 Å². The van der Waals surface area contributed by atoms with Gasteiger partial charge in [-0.2, -0.15) is 13.2 Å². The van der Waals surface area contributed by atoms with E-state index in [9.17, 15) is 33.0 Å². The van der Waals surface area contributed by atoms with E-state index in [-0.39, 0.29) is 31.1 Å². The fraction of sp³-hybridized carbons (Fsp3) is 0.484. The van der Waals surface area contributed by atoms with E-state index in [2.05, 4.69) is 24.4 Å². The van der Waals surface area contributed by atoms with Crippen molar-refractivity contribution in [3.8, 4) is 5.75 Å². The van der Waals surface area contributed by atoms with Crippen molar-refractivity contribution in [3.05, 3.63) is 71.3 Å². The number of carbonyl (C=O) groups excluding carboxylic acids is 1. The quantitative estimate of drug-likeness (QED) is 0.127. The molecule has 220 valence electrons. The number of phenolic OH excluding ortho intramolecular Hbond substituents is 1. The molecule has 2 rings (SSSR count).